The maximum absolute atomic E-state index is 2.46. The minimum Gasteiger partial charge on any atom is -0.0680 e. The molecule has 1 aromatic rings. The zero-order valence-electron chi connectivity index (χ0n) is 16.1. The third-order valence-electron chi connectivity index (χ3n) is 7.02. The van der Waals surface area contributed by atoms with Crippen molar-refractivity contribution in [2.75, 3.05) is 0 Å². The number of benzene rings is 1. The molecule has 24 heavy (non-hydrogen) atoms. The summed E-state index contributed by atoms with van der Waals surface area (Å²) in [6, 6.07) is 11.2. The van der Waals surface area contributed by atoms with Gasteiger partial charge in [-0.05, 0) is 67.8 Å². The Morgan fingerprint density at radius 1 is 0.792 bits per heavy atom. The molecular weight excluding hydrogens is 304 g/mol. The Kier molecular flexibility index (Phi) is 7.01. The normalized spacial score (nSPS) is 31.6. The molecule has 0 radical (unpaired) electrons. The van der Waals surface area contributed by atoms with Crippen LogP contribution in [-0.2, 0) is 0 Å². The minimum absolute atomic E-state index is 0.0242. The molecule has 3 rings (SSSR count). The molecule has 0 aromatic heterocycles. The van der Waals surface area contributed by atoms with Crippen LogP contribution in [0.4, 0.5) is 0 Å². The van der Waals surface area contributed by atoms with Crippen LogP contribution in [0.5, 0.6) is 0 Å². The van der Waals surface area contributed by atoms with Gasteiger partial charge >= 0.3 is 0 Å². The van der Waals surface area contributed by atoms with Gasteiger partial charge in [-0.15, -0.1) is 0 Å². The summed E-state index contributed by atoms with van der Waals surface area (Å²) >= 11 is 0. The maximum Gasteiger partial charge on any atom is 0.0544 e. The SMILES string of the molecule is CCCC1CCC(C2CCC(c3ccc([SiH2]CC)cc3)CC2)CC1. The van der Waals surface area contributed by atoms with E-state index in [1.807, 2.05) is 0 Å². The molecule has 0 saturated heterocycles. The van der Waals surface area contributed by atoms with Crippen LogP contribution in [0.25, 0.3) is 0 Å². The predicted molar refractivity (Wildman–Crippen MR) is 110 cm³/mol. The molecule has 0 heterocycles. The predicted octanol–water partition coefficient (Wildman–Crippen LogP) is 5.80. The fraction of sp³-hybridized carbons (Fsp3) is 0.739. The summed E-state index contributed by atoms with van der Waals surface area (Å²) in [5, 5.41) is 1.65. The summed E-state index contributed by atoms with van der Waals surface area (Å²) in [5.74, 6) is 4.04. The molecule has 2 fully saturated rings. The van der Waals surface area contributed by atoms with Crippen molar-refractivity contribution in [1.29, 1.82) is 0 Å². The van der Waals surface area contributed by atoms with Crippen molar-refractivity contribution in [1.82, 2.24) is 0 Å². The Bertz CT molecular complexity index is 461. The topological polar surface area (TPSA) is 0 Å². The van der Waals surface area contributed by atoms with Crippen molar-refractivity contribution in [3.8, 4) is 0 Å². The molecule has 0 atom stereocenters. The molecule has 134 valence electrons. The number of hydrogen-bond donors (Lipinski definition) is 0. The highest BCUT2D eigenvalue weighted by Gasteiger charge is 2.30. The van der Waals surface area contributed by atoms with E-state index in [4.69, 9.17) is 0 Å². The third-order valence-corrected chi connectivity index (χ3v) is 8.57. The zero-order chi connectivity index (χ0) is 16.8. The molecule has 0 aliphatic heterocycles. The Morgan fingerprint density at radius 2 is 1.38 bits per heavy atom. The molecule has 0 amide bonds. The van der Waals surface area contributed by atoms with Gasteiger partial charge in [0.25, 0.3) is 0 Å². The maximum atomic E-state index is 2.46. The number of hydrogen-bond acceptors (Lipinski definition) is 0. The quantitative estimate of drug-likeness (QED) is 0.573. The van der Waals surface area contributed by atoms with Gasteiger partial charge in [0.1, 0.15) is 0 Å². The Balaban J connectivity index is 1.45. The molecule has 0 N–H and O–H groups in total. The highest BCUT2D eigenvalue weighted by molar-refractivity contribution is 6.53. The van der Waals surface area contributed by atoms with E-state index in [2.05, 4.69) is 38.1 Å². The second kappa shape index (κ2) is 9.22. The summed E-state index contributed by atoms with van der Waals surface area (Å²) < 4.78 is 0. The Labute approximate surface area is 152 Å². The largest absolute Gasteiger partial charge is 0.0680 e. The van der Waals surface area contributed by atoms with E-state index in [9.17, 15) is 0 Å². The molecule has 0 bridgehead atoms. The van der Waals surface area contributed by atoms with Crippen LogP contribution in [0.1, 0.15) is 89.5 Å². The molecule has 0 unspecified atom stereocenters. The lowest BCUT2D eigenvalue weighted by Crippen LogP contribution is -2.25. The zero-order valence-corrected chi connectivity index (χ0v) is 17.5. The van der Waals surface area contributed by atoms with Gasteiger partial charge < -0.3 is 0 Å². The fourth-order valence-corrected chi connectivity index (χ4v) is 6.67. The van der Waals surface area contributed by atoms with Gasteiger partial charge in [0.05, 0.1) is 9.52 Å². The van der Waals surface area contributed by atoms with Gasteiger partial charge in [0.2, 0.25) is 0 Å². The highest BCUT2D eigenvalue weighted by atomic mass is 28.2. The van der Waals surface area contributed by atoms with E-state index < -0.39 is 0 Å². The van der Waals surface area contributed by atoms with E-state index in [1.54, 1.807) is 10.8 Å². The van der Waals surface area contributed by atoms with Gasteiger partial charge in [-0.3, -0.25) is 0 Å². The van der Waals surface area contributed by atoms with Crippen LogP contribution < -0.4 is 5.19 Å². The Morgan fingerprint density at radius 3 is 1.92 bits per heavy atom. The molecule has 1 aromatic carbocycles. The van der Waals surface area contributed by atoms with Crippen LogP contribution >= 0.6 is 0 Å². The standard InChI is InChI=1S/C23H38Si/c1-3-5-18-6-8-19(9-7-18)20-10-12-21(13-11-20)22-14-16-23(17-15-22)24-4-2/h14-21H,3-13,24H2,1-2H3. The van der Waals surface area contributed by atoms with Gasteiger partial charge in [-0.1, -0.05) is 75.0 Å². The van der Waals surface area contributed by atoms with Crippen molar-refractivity contribution < 1.29 is 0 Å². The lowest BCUT2D eigenvalue weighted by Gasteiger charge is -2.38. The summed E-state index contributed by atoms with van der Waals surface area (Å²) in [7, 11) is 0.0242. The molecule has 2 aliphatic carbocycles. The van der Waals surface area contributed by atoms with Gasteiger partial charge in [-0.2, -0.15) is 0 Å². The lowest BCUT2D eigenvalue weighted by atomic mass is 9.68. The van der Waals surface area contributed by atoms with Crippen molar-refractivity contribution in [2.24, 2.45) is 17.8 Å². The minimum atomic E-state index is 0.0242. The van der Waals surface area contributed by atoms with Gasteiger partial charge in [0.15, 0.2) is 0 Å². The van der Waals surface area contributed by atoms with Crippen LogP contribution in [0.3, 0.4) is 0 Å². The molecule has 2 aliphatic rings. The van der Waals surface area contributed by atoms with E-state index in [-0.39, 0.29) is 9.52 Å². The van der Waals surface area contributed by atoms with Crippen LogP contribution in [-0.4, -0.2) is 9.52 Å². The molecular formula is C23H38Si. The smallest absolute Gasteiger partial charge is 0.0544 e. The highest BCUT2D eigenvalue weighted by Crippen LogP contribution is 2.44. The van der Waals surface area contributed by atoms with Crippen molar-refractivity contribution in [3.05, 3.63) is 29.8 Å². The van der Waals surface area contributed by atoms with Crippen LogP contribution in [0.2, 0.25) is 6.04 Å². The van der Waals surface area contributed by atoms with Crippen LogP contribution in [0.15, 0.2) is 24.3 Å². The number of rotatable bonds is 6. The molecule has 0 nitrogen and oxygen atoms in total. The first-order valence-corrected chi connectivity index (χ1v) is 12.6. The summed E-state index contributed by atoms with van der Waals surface area (Å²) in [6.45, 7) is 4.68. The average Bonchev–Trinajstić information content (AvgIpc) is 2.64. The van der Waals surface area contributed by atoms with Gasteiger partial charge in [0, 0.05) is 0 Å². The lowest BCUT2D eigenvalue weighted by molar-refractivity contribution is 0.156. The summed E-state index contributed by atoms with van der Waals surface area (Å²) in [4.78, 5) is 0. The average molecular weight is 343 g/mol. The second-order valence-corrected chi connectivity index (χ2v) is 11.0. The summed E-state index contributed by atoms with van der Waals surface area (Å²) in [5.41, 5.74) is 1.63. The van der Waals surface area contributed by atoms with E-state index in [1.165, 1.54) is 70.3 Å². The van der Waals surface area contributed by atoms with E-state index in [0.717, 1.165) is 23.7 Å². The molecule has 0 spiro atoms. The van der Waals surface area contributed by atoms with Crippen molar-refractivity contribution >= 4 is 14.7 Å². The van der Waals surface area contributed by atoms with Gasteiger partial charge in [-0.25, -0.2) is 0 Å². The molecule has 1 heteroatoms. The summed E-state index contributed by atoms with van der Waals surface area (Å²) in [6.07, 6.45) is 14.9. The second-order valence-electron chi connectivity index (χ2n) is 8.67. The molecule has 2 saturated carbocycles. The third kappa shape index (κ3) is 4.75. The first kappa shape index (κ1) is 18.2. The monoisotopic (exact) mass is 342 g/mol. The van der Waals surface area contributed by atoms with Crippen molar-refractivity contribution in [2.45, 2.75) is 90.0 Å². The van der Waals surface area contributed by atoms with Crippen LogP contribution in [0, 0.1) is 17.8 Å². The van der Waals surface area contributed by atoms with E-state index in [0.29, 0.717) is 0 Å². The van der Waals surface area contributed by atoms with E-state index >= 15 is 0 Å². The fourth-order valence-electron chi connectivity index (χ4n) is 5.53. The first-order valence-electron chi connectivity index (χ1n) is 10.9. The first-order chi connectivity index (χ1) is 11.8. The van der Waals surface area contributed by atoms with Crippen molar-refractivity contribution in [3.63, 3.8) is 0 Å². The Hall–Kier alpha value is -0.563.